The lowest BCUT2D eigenvalue weighted by molar-refractivity contribution is -0.274. The van der Waals surface area contributed by atoms with Crippen molar-refractivity contribution >= 4 is 17.6 Å². The van der Waals surface area contributed by atoms with Crippen LogP contribution >= 0.6 is 0 Å². The molecule has 3 aromatic rings. The Hall–Kier alpha value is -4.42. The molecule has 2 amide bonds. The van der Waals surface area contributed by atoms with E-state index in [2.05, 4.69) is 15.0 Å². The van der Waals surface area contributed by atoms with E-state index in [4.69, 9.17) is 9.47 Å². The molecule has 2 heterocycles. The van der Waals surface area contributed by atoms with Crippen LogP contribution in [0.1, 0.15) is 53.2 Å². The van der Waals surface area contributed by atoms with Gasteiger partial charge < -0.3 is 19.5 Å². The zero-order chi connectivity index (χ0) is 30.3. The molecule has 8 nitrogen and oxygen atoms in total. The average molecular weight is 592 g/mol. The van der Waals surface area contributed by atoms with Gasteiger partial charge in [0.05, 0.1) is 14.2 Å². The standard InChI is InChI=1S/C29H26F5N3O5/c1-14-24(25-20(30)10-18(40-2)11-21(25)31)26(36-27(38)16-6-8-17(9-7-16)42-29(32,33)34)28(39)37(14)23-13-19(41-3)12-22(35-23)15-4-5-15/h6-15,24,26H,4-5H2,1-3H3,(H,36,38)/t14-,24-,26-/m0/s1. The summed E-state index contributed by atoms with van der Waals surface area (Å²) in [6, 6.07) is 6.92. The van der Waals surface area contributed by atoms with Crippen LogP contribution in [-0.2, 0) is 4.79 Å². The molecule has 1 saturated heterocycles. The first-order valence-corrected chi connectivity index (χ1v) is 13.0. The van der Waals surface area contributed by atoms with Gasteiger partial charge in [-0.3, -0.25) is 14.5 Å². The van der Waals surface area contributed by atoms with Crippen molar-refractivity contribution in [2.75, 3.05) is 19.1 Å². The first-order valence-electron chi connectivity index (χ1n) is 13.0. The number of rotatable bonds is 8. The van der Waals surface area contributed by atoms with Crippen LogP contribution in [0.5, 0.6) is 17.2 Å². The Morgan fingerprint density at radius 2 is 1.55 bits per heavy atom. The van der Waals surface area contributed by atoms with E-state index in [0.717, 1.165) is 49.2 Å². The van der Waals surface area contributed by atoms with Gasteiger partial charge >= 0.3 is 6.36 Å². The maximum atomic E-state index is 15.4. The highest BCUT2D eigenvalue weighted by Crippen LogP contribution is 2.44. The molecule has 1 saturated carbocycles. The highest BCUT2D eigenvalue weighted by atomic mass is 19.4. The van der Waals surface area contributed by atoms with Crippen molar-refractivity contribution < 1.29 is 45.8 Å². The molecule has 1 aromatic heterocycles. The molecule has 222 valence electrons. The summed E-state index contributed by atoms with van der Waals surface area (Å²) >= 11 is 0. The van der Waals surface area contributed by atoms with Crippen LogP contribution in [0.3, 0.4) is 0 Å². The van der Waals surface area contributed by atoms with E-state index in [1.807, 2.05) is 0 Å². The Balaban J connectivity index is 1.53. The van der Waals surface area contributed by atoms with Gasteiger partial charge in [0.25, 0.3) is 11.8 Å². The number of pyridine rings is 1. The Kier molecular flexibility index (Phi) is 7.69. The van der Waals surface area contributed by atoms with Crippen molar-refractivity contribution in [2.45, 2.75) is 50.0 Å². The summed E-state index contributed by atoms with van der Waals surface area (Å²) in [5, 5.41) is 2.54. The lowest BCUT2D eigenvalue weighted by atomic mass is 9.87. The molecule has 13 heteroatoms. The number of carbonyl (C=O) groups is 2. The molecule has 0 radical (unpaired) electrons. The molecule has 0 bridgehead atoms. The van der Waals surface area contributed by atoms with E-state index in [-0.39, 0.29) is 23.0 Å². The van der Waals surface area contributed by atoms with E-state index in [9.17, 15) is 22.8 Å². The quantitative estimate of drug-likeness (QED) is 0.350. The van der Waals surface area contributed by atoms with Gasteiger partial charge in [-0.15, -0.1) is 13.2 Å². The fourth-order valence-corrected chi connectivity index (χ4v) is 5.20. The maximum Gasteiger partial charge on any atom is 0.573 e. The number of hydrogen-bond acceptors (Lipinski definition) is 6. The fourth-order valence-electron chi connectivity index (χ4n) is 5.20. The third-order valence-corrected chi connectivity index (χ3v) is 7.33. The normalized spacial score (nSPS) is 20.4. The number of hydrogen-bond donors (Lipinski definition) is 1. The predicted molar refractivity (Wildman–Crippen MR) is 140 cm³/mol. The van der Waals surface area contributed by atoms with Gasteiger partial charge in [0.1, 0.15) is 40.7 Å². The predicted octanol–water partition coefficient (Wildman–Crippen LogP) is 5.47. The summed E-state index contributed by atoms with van der Waals surface area (Å²) < 4.78 is 82.6. The van der Waals surface area contributed by atoms with Crippen LogP contribution in [0, 0.1) is 11.6 Å². The van der Waals surface area contributed by atoms with Gasteiger partial charge in [0, 0.05) is 59.0 Å². The number of anilines is 1. The van der Waals surface area contributed by atoms with Crippen molar-refractivity contribution in [3.63, 3.8) is 0 Å². The summed E-state index contributed by atoms with van der Waals surface area (Å²) in [5.74, 6) is -4.53. The SMILES string of the molecule is COc1cc(C2CC2)nc(N2C(=O)[C@@H](NC(=O)c3ccc(OC(F)(F)F)cc3)[C@H](c3c(F)cc(OC)cc3F)[C@@H]2C)c1. The molecule has 1 aliphatic heterocycles. The number of amides is 2. The third-order valence-electron chi connectivity index (χ3n) is 7.33. The molecule has 1 N–H and O–H groups in total. The van der Waals surface area contributed by atoms with Crippen LogP contribution in [0.15, 0.2) is 48.5 Å². The molecular weight excluding hydrogens is 565 g/mol. The van der Waals surface area contributed by atoms with Crippen molar-refractivity contribution in [1.82, 2.24) is 10.3 Å². The van der Waals surface area contributed by atoms with E-state index < -0.39 is 59.1 Å². The van der Waals surface area contributed by atoms with E-state index in [1.54, 1.807) is 13.0 Å². The minimum Gasteiger partial charge on any atom is -0.497 e. The zero-order valence-electron chi connectivity index (χ0n) is 22.7. The Bertz CT molecular complexity index is 1490. The Labute approximate surface area is 237 Å². The number of aromatic nitrogens is 1. The molecular formula is C29H26F5N3O5. The van der Waals surface area contributed by atoms with Crippen LogP contribution in [0.25, 0.3) is 0 Å². The number of benzene rings is 2. The van der Waals surface area contributed by atoms with Crippen LogP contribution in [0.4, 0.5) is 27.8 Å². The molecule has 2 aliphatic rings. The second-order valence-electron chi connectivity index (χ2n) is 10.1. The topological polar surface area (TPSA) is 90.0 Å². The zero-order valence-corrected chi connectivity index (χ0v) is 22.7. The minimum atomic E-state index is -4.92. The van der Waals surface area contributed by atoms with Gasteiger partial charge in [0.2, 0.25) is 0 Å². The van der Waals surface area contributed by atoms with Crippen LogP contribution in [0.2, 0.25) is 0 Å². The Morgan fingerprint density at radius 3 is 2.10 bits per heavy atom. The number of halogens is 5. The summed E-state index contributed by atoms with van der Waals surface area (Å²) in [5.41, 5.74) is 0.161. The van der Waals surface area contributed by atoms with Crippen LogP contribution in [-0.4, -0.2) is 49.5 Å². The van der Waals surface area contributed by atoms with Crippen molar-refractivity contribution in [3.05, 3.63) is 77.0 Å². The van der Waals surface area contributed by atoms with Gasteiger partial charge in [-0.2, -0.15) is 0 Å². The van der Waals surface area contributed by atoms with E-state index in [1.165, 1.54) is 25.2 Å². The van der Waals surface area contributed by atoms with E-state index >= 15 is 8.78 Å². The maximum absolute atomic E-state index is 15.4. The average Bonchev–Trinajstić information content (AvgIpc) is 3.75. The number of alkyl halides is 3. The lowest BCUT2D eigenvalue weighted by Gasteiger charge is -2.26. The van der Waals surface area contributed by atoms with Crippen LogP contribution < -0.4 is 24.4 Å². The first kappa shape index (κ1) is 29.1. The molecule has 42 heavy (non-hydrogen) atoms. The van der Waals surface area contributed by atoms with Gasteiger partial charge in [0.15, 0.2) is 0 Å². The number of carbonyl (C=O) groups excluding carboxylic acids is 2. The summed E-state index contributed by atoms with van der Waals surface area (Å²) in [4.78, 5) is 33.0. The van der Waals surface area contributed by atoms with Crippen molar-refractivity contribution in [1.29, 1.82) is 0 Å². The molecule has 5 rings (SSSR count). The molecule has 1 aliphatic carbocycles. The highest BCUT2D eigenvalue weighted by Gasteiger charge is 2.51. The Morgan fingerprint density at radius 1 is 0.952 bits per heavy atom. The molecule has 0 unspecified atom stereocenters. The number of nitrogens with zero attached hydrogens (tertiary/aromatic N) is 2. The monoisotopic (exact) mass is 591 g/mol. The second-order valence-corrected chi connectivity index (χ2v) is 10.1. The number of ether oxygens (including phenoxy) is 3. The van der Waals surface area contributed by atoms with Gasteiger partial charge in [-0.25, -0.2) is 13.8 Å². The first-order chi connectivity index (χ1) is 19.9. The summed E-state index contributed by atoms with van der Waals surface area (Å²) in [7, 11) is 2.71. The third kappa shape index (κ3) is 5.81. The number of methoxy groups -OCH3 is 2. The van der Waals surface area contributed by atoms with Gasteiger partial charge in [-0.05, 0) is 44.0 Å². The largest absolute Gasteiger partial charge is 0.573 e. The lowest BCUT2D eigenvalue weighted by Crippen LogP contribution is -2.44. The fraction of sp³-hybridized carbons (Fsp3) is 0.345. The second kappa shape index (κ2) is 11.1. The van der Waals surface area contributed by atoms with E-state index in [0.29, 0.717) is 11.4 Å². The number of nitrogens with one attached hydrogen (secondary N) is 1. The van der Waals surface area contributed by atoms with Crippen molar-refractivity contribution in [2.24, 2.45) is 0 Å². The molecule has 2 aromatic carbocycles. The molecule has 3 atom stereocenters. The van der Waals surface area contributed by atoms with Gasteiger partial charge in [-0.1, -0.05) is 0 Å². The summed E-state index contributed by atoms with van der Waals surface area (Å²) in [6.07, 6.45) is -3.09. The summed E-state index contributed by atoms with van der Waals surface area (Å²) in [6.45, 7) is 1.58. The highest BCUT2D eigenvalue weighted by molar-refractivity contribution is 6.05. The smallest absolute Gasteiger partial charge is 0.497 e. The van der Waals surface area contributed by atoms with Crippen molar-refractivity contribution in [3.8, 4) is 17.2 Å². The minimum absolute atomic E-state index is 0.0760. The molecule has 0 spiro atoms. The molecule has 2 fully saturated rings.